The van der Waals surface area contributed by atoms with Gasteiger partial charge in [0.1, 0.15) is 0 Å². The fourth-order valence-electron chi connectivity index (χ4n) is 1.33. The standard InChI is InChI=1S/C9H20O2.C2H6O2/c1-8(4-5-10)6-9(2,3)7-11;3-1-2-4/h8,10-11H,4-7H2,1-3H3;3-4H,1-2H2. The van der Waals surface area contributed by atoms with E-state index in [9.17, 15) is 0 Å². The molecule has 0 aliphatic rings. The summed E-state index contributed by atoms with van der Waals surface area (Å²) in [5.74, 6) is 0.502. The minimum absolute atomic E-state index is 0.00852. The van der Waals surface area contributed by atoms with Gasteiger partial charge in [-0.15, -0.1) is 0 Å². The molecule has 0 heterocycles. The van der Waals surface area contributed by atoms with Gasteiger partial charge in [0.25, 0.3) is 0 Å². The van der Waals surface area contributed by atoms with E-state index < -0.39 is 0 Å². The van der Waals surface area contributed by atoms with Crippen LogP contribution in [0, 0.1) is 11.3 Å². The second-order valence-electron chi connectivity index (χ2n) is 4.59. The summed E-state index contributed by atoms with van der Waals surface area (Å²) in [5, 5.41) is 32.8. The predicted octanol–water partition coefficient (Wildman–Crippen LogP) is 0.384. The van der Waals surface area contributed by atoms with Crippen LogP contribution in [0.3, 0.4) is 0 Å². The summed E-state index contributed by atoms with van der Waals surface area (Å²) in [4.78, 5) is 0. The molecular formula is C11H26O4. The molecule has 0 saturated carbocycles. The molecule has 1 unspecified atom stereocenters. The first-order valence-electron chi connectivity index (χ1n) is 5.37. The maximum absolute atomic E-state index is 8.95. The van der Waals surface area contributed by atoms with Crippen molar-refractivity contribution in [1.29, 1.82) is 0 Å². The first-order chi connectivity index (χ1) is 6.93. The van der Waals surface area contributed by atoms with E-state index in [1.54, 1.807) is 0 Å². The van der Waals surface area contributed by atoms with Crippen LogP contribution >= 0.6 is 0 Å². The molecule has 94 valence electrons. The van der Waals surface area contributed by atoms with Gasteiger partial charge < -0.3 is 20.4 Å². The van der Waals surface area contributed by atoms with Crippen LogP contribution in [-0.4, -0.2) is 46.9 Å². The molecule has 0 radical (unpaired) electrons. The van der Waals surface area contributed by atoms with Crippen LogP contribution in [0.2, 0.25) is 0 Å². The summed E-state index contributed by atoms with van der Waals surface area (Å²) in [6.07, 6.45) is 1.81. The van der Waals surface area contributed by atoms with Crippen LogP contribution in [0.5, 0.6) is 0 Å². The molecule has 0 bridgehead atoms. The topological polar surface area (TPSA) is 80.9 Å². The molecule has 0 aliphatic heterocycles. The van der Waals surface area contributed by atoms with Crippen molar-refractivity contribution >= 4 is 0 Å². The van der Waals surface area contributed by atoms with E-state index in [4.69, 9.17) is 20.4 Å². The van der Waals surface area contributed by atoms with E-state index in [-0.39, 0.29) is 31.8 Å². The zero-order valence-corrected chi connectivity index (χ0v) is 10.1. The lowest BCUT2D eigenvalue weighted by atomic mass is 9.83. The molecule has 4 heteroatoms. The molecule has 0 aromatic carbocycles. The van der Waals surface area contributed by atoms with Gasteiger partial charge in [0.05, 0.1) is 13.2 Å². The second kappa shape index (κ2) is 10.4. The fourth-order valence-corrected chi connectivity index (χ4v) is 1.33. The summed E-state index contributed by atoms with van der Waals surface area (Å²) in [6.45, 7) is 6.42. The Kier molecular flexibility index (Phi) is 11.9. The van der Waals surface area contributed by atoms with E-state index in [2.05, 4.69) is 6.92 Å². The van der Waals surface area contributed by atoms with Crippen LogP contribution in [0.4, 0.5) is 0 Å². The molecule has 0 fully saturated rings. The van der Waals surface area contributed by atoms with Crippen molar-refractivity contribution < 1.29 is 20.4 Å². The highest BCUT2D eigenvalue weighted by molar-refractivity contribution is 4.70. The Hall–Kier alpha value is -0.160. The van der Waals surface area contributed by atoms with Gasteiger partial charge in [0.2, 0.25) is 0 Å². The van der Waals surface area contributed by atoms with E-state index in [1.165, 1.54) is 0 Å². The number of hydrogen-bond donors (Lipinski definition) is 4. The fraction of sp³-hybridized carbons (Fsp3) is 1.00. The van der Waals surface area contributed by atoms with E-state index >= 15 is 0 Å². The molecule has 0 aromatic rings. The van der Waals surface area contributed by atoms with Gasteiger partial charge in [-0.25, -0.2) is 0 Å². The Morgan fingerprint density at radius 1 is 0.933 bits per heavy atom. The summed E-state index contributed by atoms with van der Waals surface area (Å²) in [6, 6.07) is 0. The lowest BCUT2D eigenvalue weighted by molar-refractivity contribution is 0.125. The van der Waals surface area contributed by atoms with Crippen LogP contribution in [0.1, 0.15) is 33.6 Å². The van der Waals surface area contributed by atoms with Crippen LogP contribution in [-0.2, 0) is 0 Å². The van der Waals surface area contributed by atoms with Crippen molar-refractivity contribution in [1.82, 2.24) is 0 Å². The predicted molar refractivity (Wildman–Crippen MR) is 60.5 cm³/mol. The van der Waals surface area contributed by atoms with Gasteiger partial charge in [0, 0.05) is 13.2 Å². The molecule has 4 N–H and O–H groups in total. The molecule has 0 aromatic heterocycles. The van der Waals surface area contributed by atoms with Gasteiger partial charge >= 0.3 is 0 Å². The van der Waals surface area contributed by atoms with E-state index in [0.717, 1.165) is 12.8 Å². The number of aliphatic hydroxyl groups excluding tert-OH is 4. The Balaban J connectivity index is 0. The second-order valence-corrected chi connectivity index (χ2v) is 4.59. The van der Waals surface area contributed by atoms with Gasteiger partial charge in [-0.1, -0.05) is 20.8 Å². The van der Waals surface area contributed by atoms with Gasteiger partial charge in [-0.05, 0) is 24.2 Å². The Morgan fingerprint density at radius 2 is 1.40 bits per heavy atom. The van der Waals surface area contributed by atoms with Crippen molar-refractivity contribution in [3.05, 3.63) is 0 Å². The first-order valence-corrected chi connectivity index (χ1v) is 5.37. The summed E-state index contributed by atoms with van der Waals surface area (Å²) in [5.41, 5.74) is 0.00852. The average Bonchev–Trinajstić information content (AvgIpc) is 2.18. The molecule has 15 heavy (non-hydrogen) atoms. The van der Waals surface area contributed by atoms with Crippen molar-refractivity contribution in [2.75, 3.05) is 26.4 Å². The van der Waals surface area contributed by atoms with Gasteiger partial charge in [-0.3, -0.25) is 0 Å². The Morgan fingerprint density at radius 3 is 1.67 bits per heavy atom. The maximum atomic E-state index is 8.95. The van der Waals surface area contributed by atoms with Crippen molar-refractivity contribution in [3.63, 3.8) is 0 Å². The largest absolute Gasteiger partial charge is 0.396 e. The van der Waals surface area contributed by atoms with E-state index in [1.807, 2.05) is 13.8 Å². The minimum Gasteiger partial charge on any atom is -0.396 e. The summed E-state index contributed by atoms with van der Waals surface area (Å²) >= 11 is 0. The molecule has 4 nitrogen and oxygen atoms in total. The SMILES string of the molecule is CC(CCO)CC(C)(C)CO.OCCO. The Labute approximate surface area is 92.6 Å². The van der Waals surface area contributed by atoms with Gasteiger partial charge in [-0.2, -0.15) is 0 Å². The molecule has 0 saturated heterocycles. The molecule has 0 rings (SSSR count). The van der Waals surface area contributed by atoms with Crippen LogP contribution in [0.15, 0.2) is 0 Å². The lowest BCUT2D eigenvalue weighted by Gasteiger charge is -2.25. The quantitative estimate of drug-likeness (QED) is 0.524. The molecule has 0 spiro atoms. The van der Waals surface area contributed by atoms with Gasteiger partial charge in [0.15, 0.2) is 0 Å². The summed E-state index contributed by atoms with van der Waals surface area (Å²) in [7, 11) is 0. The van der Waals surface area contributed by atoms with E-state index in [0.29, 0.717) is 5.92 Å². The number of rotatable bonds is 6. The highest BCUT2D eigenvalue weighted by atomic mass is 16.3. The lowest BCUT2D eigenvalue weighted by Crippen LogP contribution is -2.20. The highest BCUT2D eigenvalue weighted by Gasteiger charge is 2.19. The normalized spacial score (nSPS) is 13.0. The Bertz CT molecular complexity index is 124. The molecule has 1 atom stereocenters. The van der Waals surface area contributed by atoms with Crippen LogP contribution in [0.25, 0.3) is 0 Å². The molecular weight excluding hydrogens is 196 g/mol. The third kappa shape index (κ3) is 13.8. The molecule has 0 amide bonds. The first kappa shape index (κ1) is 17.2. The number of aliphatic hydroxyl groups is 4. The highest BCUT2D eigenvalue weighted by Crippen LogP contribution is 2.25. The van der Waals surface area contributed by atoms with Crippen molar-refractivity contribution in [3.8, 4) is 0 Å². The van der Waals surface area contributed by atoms with Crippen molar-refractivity contribution in [2.45, 2.75) is 33.6 Å². The smallest absolute Gasteiger partial charge is 0.0662 e. The van der Waals surface area contributed by atoms with Crippen molar-refractivity contribution in [2.24, 2.45) is 11.3 Å². The average molecular weight is 222 g/mol. The minimum atomic E-state index is -0.125. The molecule has 0 aliphatic carbocycles. The van der Waals surface area contributed by atoms with Crippen LogP contribution < -0.4 is 0 Å². The summed E-state index contributed by atoms with van der Waals surface area (Å²) < 4.78 is 0. The monoisotopic (exact) mass is 222 g/mol. The third-order valence-electron chi connectivity index (χ3n) is 2.05. The zero-order valence-electron chi connectivity index (χ0n) is 10.1. The zero-order chi connectivity index (χ0) is 12.3. The maximum Gasteiger partial charge on any atom is 0.0662 e. The third-order valence-corrected chi connectivity index (χ3v) is 2.05. The number of hydrogen-bond acceptors (Lipinski definition) is 4.